The van der Waals surface area contributed by atoms with Crippen LogP contribution in [0.1, 0.15) is 74.4 Å². The van der Waals surface area contributed by atoms with Crippen LogP contribution in [-0.4, -0.2) is 23.5 Å². The van der Waals surface area contributed by atoms with E-state index in [0.717, 1.165) is 25.1 Å². The average molecular weight is 367 g/mol. The Morgan fingerprint density at radius 3 is 2.15 bits per heavy atom. The van der Waals surface area contributed by atoms with Crippen LogP contribution in [0.3, 0.4) is 0 Å². The molecule has 0 bridgehead atoms. The van der Waals surface area contributed by atoms with Crippen molar-refractivity contribution in [2.45, 2.75) is 79.7 Å². The van der Waals surface area contributed by atoms with Gasteiger partial charge in [0.25, 0.3) is 0 Å². The first-order chi connectivity index (χ1) is 13.0. The maximum Gasteiger partial charge on any atom is 0.0713 e. The molecule has 0 spiro atoms. The fourth-order valence-corrected chi connectivity index (χ4v) is 3.95. The molecular formula is C25H38N2. The summed E-state index contributed by atoms with van der Waals surface area (Å²) in [7, 11) is 2.24. The van der Waals surface area contributed by atoms with Gasteiger partial charge in [-0.05, 0) is 75.0 Å². The van der Waals surface area contributed by atoms with E-state index >= 15 is 0 Å². The Balaban J connectivity index is 2.25. The Morgan fingerprint density at radius 2 is 1.59 bits per heavy atom. The molecule has 0 aliphatic carbocycles. The highest BCUT2D eigenvalue weighted by molar-refractivity contribution is 5.69. The third-order valence-corrected chi connectivity index (χ3v) is 5.63. The normalized spacial score (nSPS) is 11.4. The number of aromatic nitrogens is 1. The highest BCUT2D eigenvalue weighted by Gasteiger charge is 2.14. The minimum atomic E-state index is 0.993. The summed E-state index contributed by atoms with van der Waals surface area (Å²) in [5.74, 6) is 0. The summed E-state index contributed by atoms with van der Waals surface area (Å²) in [6.45, 7) is 13.3. The summed E-state index contributed by atoms with van der Waals surface area (Å²) in [5, 5.41) is 0. The van der Waals surface area contributed by atoms with Crippen LogP contribution in [0.25, 0.3) is 11.3 Å². The topological polar surface area (TPSA) is 16.1 Å². The minimum absolute atomic E-state index is 0.993. The molecule has 0 saturated heterocycles. The second-order valence-electron chi connectivity index (χ2n) is 7.85. The van der Waals surface area contributed by atoms with Crippen LogP contribution >= 0.6 is 0 Å². The molecule has 2 heteroatoms. The molecule has 1 heterocycles. The third kappa shape index (κ3) is 5.65. The lowest BCUT2D eigenvalue weighted by molar-refractivity contribution is 0.315. The van der Waals surface area contributed by atoms with Gasteiger partial charge >= 0.3 is 0 Å². The van der Waals surface area contributed by atoms with Crippen molar-refractivity contribution in [2.75, 3.05) is 13.6 Å². The summed E-state index contributed by atoms with van der Waals surface area (Å²) in [6.07, 6.45) is 7.36. The number of pyridine rings is 1. The van der Waals surface area contributed by atoms with Crippen LogP contribution in [0.2, 0.25) is 0 Å². The second-order valence-corrected chi connectivity index (χ2v) is 7.85. The molecule has 0 atom stereocenters. The molecule has 0 fully saturated rings. The zero-order valence-electron chi connectivity index (χ0n) is 18.4. The predicted octanol–water partition coefficient (Wildman–Crippen LogP) is 6.50. The summed E-state index contributed by atoms with van der Waals surface area (Å²) >= 11 is 0. The molecule has 1 aromatic heterocycles. The number of hydrogen-bond acceptors (Lipinski definition) is 2. The van der Waals surface area contributed by atoms with Crippen LogP contribution in [-0.2, 0) is 19.4 Å². The van der Waals surface area contributed by atoms with E-state index in [1.807, 2.05) is 0 Å². The molecule has 148 valence electrons. The van der Waals surface area contributed by atoms with Gasteiger partial charge in [-0.2, -0.15) is 0 Å². The fraction of sp³-hybridized carbons (Fsp3) is 0.560. The molecule has 0 aliphatic heterocycles. The van der Waals surface area contributed by atoms with Crippen molar-refractivity contribution in [2.24, 2.45) is 0 Å². The zero-order chi connectivity index (χ0) is 19.8. The molecular weight excluding hydrogens is 328 g/mol. The number of rotatable bonds is 10. The van der Waals surface area contributed by atoms with Gasteiger partial charge in [0.2, 0.25) is 0 Å². The number of nitrogens with zero attached hydrogens (tertiary/aromatic N) is 2. The first-order valence-electron chi connectivity index (χ1n) is 10.8. The van der Waals surface area contributed by atoms with Gasteiger partial charge in [-0.3, -0.25) is 4.98 Å². The Bertz CT molecular complexity index is 688. The van der Waals surface area contributed by atoms with Crippen LogP contribution in [0.5, 0.6) is 0 Å². The monoisotopic (exact) mass is 366 g/mol. The van der Waals surface area contributed by atoms with Crippen LogP contribution in [0.4, 0.5) is 0 Å². The van der Waals surface area contributed by atoms with E-state index in [1.165, 1.54) is 65.7 Å². The van der Waals surface area contributed by atoms with Crippen molar-refractivity contribution >= 4 is 0 Å². The van der Waals surface area contributed by atoms with Gasteiger partial charge in [0.05, 0.1) is 5.69 Å². The van der Waals surface area contributed by atoms with Crippen molar-refractivity contribution in [1.82, 2.24) is 9.88 Å². The molecule has 0 radical (unpaired) electrons. The van der Waals surface area contributed by atoms with E-state index in [1.54, 1.807) is 0 Å². The van der Waals surface area contributed by atoms with Crippen molar-refractivity contribution < 1.29 is 0 Å². The standard InChI is InChI=1S/C25H38N2/c1-7-10-11-12-16-27(6)18-23-19(4)17-24(26-20(23)5)25-21(8-2)14-13-15-22(25)9-3/h13-15,17H,7-12,16,18H2,1-6H3. The summed E-state index contributed by atoms with van der Waals surface area (Å²) in [6, 6.07) is 8.99. The second kappa shape index (κ2) is 10.6. The molecule has 0 amide bonds. The van der Waals surface area contributed by atoms with E-state index in [2.05, 4.69) is 70.8 Å². The average Bonchev–Trinajstić information content (AvgIpc) is 2.67. The smallest absolute Gasteiger partial charge is 0.0713 e. The molecule has 2 nitrogen and oxygen atoms in total. The van der Waals surface area contributed by atoms with E-state index in [0.29, 0.717) is 0 Å². The van der Waals surface area contributed by atoms with E-state index < -0.39 is 0 Å². The van der Waals surface area contributed by atoms with Crippen LogP contribution in [0, 0.1) is 13.8 Å². The number of aryl methyl sites for hydroxylation is 4. The Labute approximate surface area is 167 Å². The van der Waals surface area contributed by atoms with E-state index in [4.69, 9.17) is 4.98 Å². The Hall–Kier alpha value is -1.67. The first-order valence-corrected chi connectivity index (χ1v) is 10.8. The molecule has 0 aliphatic rings. The summed E-state index contributed by atoms with van der Waals surface area (Å²) < 4.78 is 0. The highest BCUT2D eigenvalue weighted by atomic mass is 15.1. The maximum absolute atomic E-state index is 5.06. The zero-order valence-corrected chi connectivity index (χ0v) is 18.4. The Morgan fingerprint density at radius 1 is 0.926 bits per heavy atom. The summed E-state index contributed by atoms with van der Waals surface area (Å²) in [4.78, 5) is 7.51. The number of benzene rings is 1. The first kappa shape index (κ1) is 21.6. The summed E-state index contributed by atoms with van der Waals surface area (Å²) in [5.41, 5.74) is 9.25. The molecule has 0 N–H and O–H groups in total. The van der Waals surface area contributed by atoms with Gasteiger partial charge in [-0.1, -0.05) is 58.2 Å². The lowest BCUT2D eigenvalue weighted by atomic mass is 9.93. The number of hydrogen-bond donors (Lipinski definition) is 0. The van der Waals surface area contributed by atoms with Gasteiger partial charge in [0, 0.05) is 17.8 Å². The molecule has 2 rings (SSSR count). The van der Waals surface area contributed by atoms with Crippen LogP contribution in [0.15, 0.2) is 24.3 Å². The predicted molar refractivity (Wildman–Crippen MR) is 118 cm³/mol. The van der Waals surface area contributed by atoms with Crippen LogP contribution < -0.4 is 0 Å². The molecule has 27 heavy (non-hydrogen) atoms. The lowest BCUT2D eigenvalue weighted by Crippen LogP contribution is -2.20. The van der Waals surface area contributed by atoms with Crippen molar-refractivity contribution in [3.05, 3.63) is 52.2 Å². The van der Waals surface area contributed by atoms with Crippen molar-refractivity contribution in [3.63, 3.8) is 0 Å². The van der Waals surface area contributed by atoms with Crippen molar-refractivity contribution in [1.29, 1.82) is 0 Å². The third-order valence-electron chi connectivity index (χ3n) is 5.63. The molecule has 0 unspecified atom stereocenters. The van der Waals surface area contributed by atoms with Gasteiger partial charge < -0.3 is 4.90 Å². The van der Waals surface area contributed by atoms with E-state index in [-0.39, 0.29) is 0 Å². The molecule has 1 aromatic carbocycles. The SMILES string of the molecule is CCCCCCN(C)Cc1c(C)cc(-c2c(CC)cccc2CC)nc1C. The molecule has 2 aromatic rings. The molecule has 0 saturated carbocycles. The number of unbranched alkanes of at least 4 members (excludes halogenated alkanes) is 3. The Kier molecular flexibility index (Phi) is 8.50. The fourth-order valence-electron chi connectivity index (χ4n) is 3.95. The van der Waals surface area contributed by atoms with Gasteiger partial charge in [-0.15, -0.1) is 0 Å². The quantitative estimate of drug-likeness (QED) is 0.446. The maximum atomic E-state index is 5.06. The largest absolute Gasteiger partial charge is 0.302 e. The van der Waals surface area contributed by atoms with E-state index in [9.17, 15) is 0 Å². The lowest BCUT2D eigenvalue weighted by Gasteiger charge is -2.21. The van der Waals surface area contributed by atoms with Gasteiger partial charge in [-0.25, -0.2) is 0 Å². The minimum Gasteiger partial charge on any atom is -0.302 e. The van der Waals surface area contributed by atoms with Crippen molar-refractivity contribution in [3.8, 4) is 11.3 Å². The van der Waals surface area contributed by atoms with Gasteiger partial charge in [0.15, 0.2) is 0 Å². The highest BCUT2D eigenvalue weighted by Crippen LogP contribution is 2.30. The van der Waals surface area contributed by atoms with Gasteiger partial charge in [0.1, 0.15) is 0 Å².